The Labute approximate surface area is 131 Å². The Morgan fingerprint density at radius 2 is 2.05 bits per heavy atom. The molecule has 0 atom stereocenters. The maximum atomic E-state index is 13.5. The highest BCUT2D eigenvalue weighted by Gasteiger charge is 2.26. The number of morpholine rings is 1. The van der Waals surface area contributed by atoms with Gasteiger partial charge in [0.05, 0.1) is 18.1 Å². The molecule has 3 heterocycles. The number of nitrogens with zero attached hydrogens (tertiary/aromatic N) is 1. The lowest BCUT2D eigenvalue weighted by atomic mass is 10.1. The van der Waals surface area contributed by atoms with Crippen LogP contribution in [0, 0.1) is 5.82 Å². The number of fused-ring (bicyclic) bond motifs is 3. The first-order valence-corrected chi connectivity index (χ1v) is 7.96. The number of hydrogen-bond donors (Lipinski definition) is 0. The predicted molar refractivity (Wildman–Crippen MR) is 80.8 cm³/mol. The summed E-state index contributed by atoms with van der Waals surface area (Å²) in [5.74, 6) is 0.381. The van der Waals surface area contributed by atoms with Gasteiger partial charge in [-0.15, -0.1) is 11.3 Å². The molecular weight excluding hydrogens is 305 g/mol. The van der Waals surface area contributed by atoms with Gasteiger partial charge in [-0.2, -0.15) is 0 Å². The van der Waals surface area contributed by atoms with Gasteiger partial charge in [0, 0.05) is 29.1 Å². The molecule has 1 aromatic carbocycles. The maximum Gasteiger partial charge on any atom is 0.264 e. The zero-order valence-corrected chi connectivity index (χ0v) is 12.6. The third kappa shape index (κ3) is 2.28. The Bertz CT molecular complexity index is 737. The molecule has 2 aromatic rings. The van der Waals surface area contributed by atoms with E-state index in [1.807, 2.05) is 6.07 Å². The first-order chi connectivity index (χ1) is 10.7. The van der Waals surface area contributed by atoms with Crippen LogP contribution in [0.1, 0.15) is 15.2 Å². The topological polar surface area (TPSA) is 38.8 Å². The number of benzene rings is 1. The fraction of sp³-hybridized carbons (Fsp3) is 0.312. The number of carbonyl (C=O) groups excluding carboxylic acids is 1. The van der Waals surface area contributed by atoms with Gasteiger partial charge in [0.1, 0.15) is 18.2 Å². The van der Waals surface area contributed by atoms with Crippen LogP contribution in [0.25, 0.3) is 10.4 Å². The fourth-order valence-electron chi connectivity index (χ4n) is 2.75. The van der Waals surface area contributed by atoms with Crippen molar-refractivity contribution in [3.8, 4) is 16.2 Å². The molecule has 114 valence electrons. The zero-order valence-electron chi connectivity index (χ0n) is 11.8. The standard InChI is InChI=1S/C16H14FNO3S/c17-11-1-2-13-12(8-11)15-10(9-21-13)7-14(22-15)16(19)18-3-5-20-6-4-18/h1-2,7-8H,3-6,9H2. The fourth-order valence-corrected chi connectivity index (χ4v) is 3.91. The molecule has 1 saturated heterocycles. The molecule has 2 aliphatic heterocycles. The van der Waals surface area contributed by atoms with E-state index < -0.39 is 0 Å². The quantitative estimate of drug-likeness (QED) is 0.811. The van der Waals surface area contributed by atoms with E-state index in [1.54, 1.807) is 11.0 Å². The van der Waals surface area contributed by atoms with Crippen molar-refractivity contribution in [1.29, 1.82) is 0 Å². The minimum atomic E-state index is -0.301. The minimum absolute atomic E-state index is 0.0145. The van der Waals surface area contributed by atoms with E-state index in [1.165, 1.54) is 23.5 Å². The molecule has 22 heavy (non-hydrogen) atoms. The van der Waals surface area contributed by atoms with E-state index >= 15 is 0 Å². The van der Waals surface area contributed by atoms with Gasteiger partial charge >= 0.3 is 0 Å². The lowest BCUT2D eigenvalue weighted by Gasteiger charge is -2.26. The van der Waals surface area contributed by atoms with E-state index in [4.69, 9.17) is 9.47 Å². The first-order valence-electron chi connectivity index (χ1n) is 7.15. The maximum absolute atomic E-state index is 13.5. The number of amides is 1. The van der Waals surface area contributed by atoms with Crippen molar-refractivity contribution in [3.05, 3.63) is 40.5 Å². The second kappa shape index (κ2) is 5.37. The molecule has 4 rings (SSSR count). The van der Waals surface area contributed by atoms with Crippen LogP contribution < -0.4 is 4.74 Å². The molecule has 0 unspecified atom stereocenters. The van der Waals surface area contributed by atoms with Gasteiger partial charge in [-0.1, -0.05) is 0 Å². The summed E-state index contributed by atoms with van der Waals surface area (Å²) in [6.07, 6.45) is 0. The predicted octanol–water partition coefficient (Wildman–Crippen LogP) is 2.92. The zero-order chi connectivity index (χ0) is 15.1. The third-order valence-corrected chi connectivity index (χ3v) is 5.09. The summed E-state index contributed by atoms with van der Waals surface area (Å²) < 4.78 is 24.4. The number of thiophene rings is 1. The lowest BCUT2D eigenvalue weighted by Crippen LogP contribution is -2.40. The summed E-state index contributed by atoms with van der Waals surface area (Å²) in [5.41, 5.74) is 1.67. The van der Waals surface area contributed by atoms with Gasteiger partial charge in [-0.05, 0) is 24.3 Å². The number of carbonyl (C=O) groups is 1. The Balaban J connectivity index is 1.70. The average molecular weight is 319 g/mol. The Kier molecular flexibility index (Phi) is 3.35. The van der Waals surface area contributed by atoms with Crippen molar-refractivity contribution in [2.24, 2.45) is 0 Å². The van der Waals surface area contributed by atoms with Gasteiger partial charge in [0.2, 0.25) is 0 Å². The molecule has 1 amide bonds. The molecule has 0 saturated carbocycles. The molecule has 0 bridgehead atoms. The Hall–Kier alpha value is -1.92. The number of rotatable bonds is 1. The van der Waals surface area contributed by atoms with Crippen LogP contribution in [0.5, 0.6) is 5.75 Å². The summed E-state index contributed by atoms with van der Waals surface area (Å²) in [7, 11) is 0. The summed E-state index contributed by atoms with van der Waals surface area (Å²) >= 11 is 1.41. The normalized spacial score (nSPS) is 16.7. The second-order valence-corrected chi connectivity index (χ2v) is 6.35. The van der Waals surface area contributed by atoms with Crippen molar-refractivity contribution in [1.82, 2.24) is 4.90 Å². The van der Waals surface area contributed by atoms with Crippen LogP contribution in [0.3, 0.4) is 0 Å². The summed E-state index contributed by atoms with van der Waals surface area (Å²) in [5, 5.41) is 0. The van der Waals surface area contributed by atoms with E-state index in [0.717, 1.165) is 16.0 Å². The minimum Gasteiger partial charge on any atom is -0.488 e. The molecule has 0 aliphatic carbocycles. The first kappa shape index (κ1) is 13.7. The molecule has 0 N–H and O–H groups in total. The van der Waals surface area contributed by atoms with Crippen molar-refractivity contribution in [3.63, 3.8) is 0 Å². The van der Waals surface area contributed by atoms with Crippen molar-refractivity contribution in [2.45, 2.75) is 6.61 Å². The highest BCUT2D eigenvalue weighted by Crippen LogP contribution is 2.43. The van der Waals surface area contributed by atoms with Crippen LogP contribution in [0.2, 0.25) is 0 Å². The van der Waals surface area contributed by atoms with E-state index in [9.17, 15) is 9.18 Å². The van der Waals surface area contributed by atoms with Gasteiger partial charge in [0.25, 0.3) is 5.91 Å². The molecule has 6 heteroatoms. The summed E-state index contributed by atoms with van der Waals surface area (Å²) in [6.45, 7) is 2.80. The summed E-state index contributed by atoms with van der Waals surface area (Å²) in [6, 6.07) is 6.35. The van der Waals surface area contributed by atoms with Gasteiger partial charge in [-0.25, -0.2) is 4.39 Å². The van der Waals surface area contributed by atoms with Crippen LogP contribution in [0.15, 0.2) is 24.3 Å². The van der Waals surface area contributed by atoms with Crippen molar-refractivity contribution in [2.75, 3.05) is 26.3 Å². The van der Waals surface area contributed by atoms with Crippen LogP contribution in [0.4, 0.5) is 4.39 Å². The van der Waals surface area contributed by atoms with Gasteiger partial charge in [0.15, 0.2) is 0 Å². The Morgan fingerprint density at radius 1 is 1.23 bits per heavy atom. The highest BCUT2D eigenvalue weighted by molar-refractivity contribution is 7.17. The van der Waals surface area contributed by atoms with Gasteiger partial charge < -0.3 is 14.4 Å². The molecule has 1 aromatic heterocycles. The van der Waals surface area contributed by atoms with Crippen LogP contribution >= 0.6 is 11.3 Å². The van der Waals surface area contributed by atoms with Crippen LogP contribution in [-0.2, 0) is 11.3 Å². The number of hydrogen-bond acceptors (Lipinski definition) is 4. The number of halogens is 1. The largest absolute Gasteiger partial charge is 0.488 e. The molecule has 0 radical (unpaired) electrons. The SMILES string of the molecule is O=C(c1cc2c(s1)-c1cc(F)ccc1OC2)N1CCOCC1. The van der Waals surface area contributed by atoms with E-state index in [2.05, 4.69) is 0 Å². The highest BCUT2D eigenvalue weighted by atomic mass is 32.1. The van der Waals surface area contributed by atoms with Crippen LogP contribution in [-0.4, -0.2) is 37.1 Å². The molecule has 2 aliphatic rings. The van der Waals surface area contributed by atoms with Crippen molar-refractivity contribution >= 4 is 17.2 Å². The smallest absolute Gasteiger partial charge is 0.264 e. The van der Waals surface area contributed by atoms with E-state index in [0.29, 0.717) is 43.5 Å². The molecular formula is C16H14FNO3S. The third-order valence-electron chi connectivity index (χ3n) is 3.89. The molecule has 1 fully saturated rings. The number of ether oxygens (including phenoxy) is 2. The second-order valence-electron chi connectivity index (χ2n) is 5.30. The van der Waals surface area contributed by atoms with E-state index in [-0.39, 0.29) is 11.7 Å². The molecule has 0 spiro atoms. The Morgan fingerprint density at radius 3 is 2.86 bits per heavy atom. The monoisotopic (exact) mass is 319 g/mol. The van der Waals surface area contributed by atoms with Gasteiger partial charge in [-0.3, -0.25) is 4.79 Å². The van der Waals surface area contributed by atoms with Crippen molar-refractivity contribution < 1.29 is 18.7 Å². The average Bonchev–Trinajstić information content (AvgIpc) is 2.99. The molecule has 4 nitrogen and oxygen atoms in total. The summed E-state index contributed by atoms with van der Waals surface area (Å²) in [4.78, 5) is 16.0. The lowest BCUT2D eigenvalue weighted by molar-refractivity contribution is 0.0306.